The molecule has 0 atom stereocenters. The summed E-state index contributed by atoms with van der Waals surface area (Å²) in [6, 6.07) is 15.3. The quantitative estimate of drug-likeness (QED) is 0.304. The van der Waals surface area contributed by atoms with Crippen molar-refractivity contribution in [2.45, 2.75) is 78.6 Å². The molecule has 0 saturated carbocycles. The maximum atomic E-state index is 10.8. The van der Waals surface area contributed by atoms with Crippen LogP contribution in [0.3, 0.4) is 0 Å². The minimum atomic E-state index is 0.0410. The lowest BCUT2D eigenvalue weighted by atomic mass is 9.88. The molecule has 4 rings (SSSR count). The summed E-state index contributed by atoms with van der Waals surface area (Å²) in [5.74, 6) is 1.28. The number of phenolic OH excluding ortho intramolecular Hbond substituents is 1. The average Bonchev–Trinajstić information content (AvgIpc) is 3.06. The van der Waals surface area contributed by atoms with Crippen LogP contribution in [0, 0.1) is 0 Å². The lowest BCUT2D eigenvalue weighted by Crippen LogP contribution is -2.12. The number of aryl methyl sites for hydroxylation is 2. The number of aromatic hydroxyl groups is 1. The van der Waals surface area contributed by atoms with E-state index in [4.69, 9.17) is 4.98 Å². The molecule has 0 fully saturated rings. The molecule has 2 aromatic carbocycles. The van der Waals surface area contributed by atoms with Crippen molar-refractivity contribution in [2.24, 2.45) is 0 Å². The van der Waals surface area contributed by atoms with Gasteiger partial charge in [-0.15, -0.1) is 0 Å². The van der Waals surface area contributed by atoms with Crippen molar-refractivity contribution in [3.8, 4) is 11.6 Å². The largest absolute Gasteiger partial charge is 0.508 e. The Balaban J connectivity index is 1.97. The summed E-state index contributed by atoms with van der Waals surface area (Å²) < 4.78 is 2.21. The van der Waals surface area contributed by atoms with Gasteiger partial charge in [-0.25, -0.2) is 4.98 Å². The standard InChI is InChI=1S/C29H36N2O/c1-6-8-9-11-20-12-13-25-23(16-20)24-17-21(10-7-2)27(32)19-26(24)31(25)28-18-22(14-15-30-28)29(3,4)5/h12-19,32H,6-11H2,1-5H3. The Morgan fingerprint density at radius 1 is 0.844 bits per heavy atom. The Labute approximate surface area is 192 Å². The van der Waals surface area contributed by atoms with Gasteiger partial charge in [-0.1, -0.05) is 59.9 Å². The van der Waals surface area contributed by atoms with E-state index < -0.39 is 0 Å². The molecule has 0 aliphatic rings. The van der Waals surface area contributed by atoms with Crippen LogP contribution in [0.15, 0.2) is 48.7 Å². The second kappa shape index (κ2) is 8.97. The molecule has 0 spiro atoms. The first-order chi connectivity index (χ1) is 15.3. The number of benzene rings is 2. The minimum Gasteiger partial charge on any atom is -0.508 e. The zero-order valence-corrected chi connectivity index (χ0v) is 20.2. The number of hydrogen-bond donors (Lipinski definition) is 1. The van der Waals surface area contributed by atoms with Crippen LogP contribution in [0.5, 0.6) is 5.75 Å². The number of hydrogen-bond acceptors (Lipinski definition) is 2. The fourth-order valence-corrected chi connectivity index (χ4v) is 4.60. The van der Waals surface area contributed by atoms with Gasteiger partial charge in [0.05, 0.1) is 11.0 Å². The van der Waals surface area contributed by atoms with Gasteiger partial charge < -0.3 is 5.11 Å². The Morgan fingerprint density at radius 2 is 1.62 bits per heavy atom. The van der Waals surface area contributed by atoms with Crippen LogP contribution in [-0.2, 0) is 18.3 Å². The van der Waals surface area contributed by atoms with Crippen molar-refractivity contribution in [3.63, 3.8) is 0 Å². The first kappa shape index (κ1) is 22.4. The van der Waals surface area contributed by atoms with Crippen LogP contribution in [-0.4, -0.2) is 14.7 Å². The summed E-state index contributed by atoms with van der Waals surface area (Å²) in [7, 11) is 0. The van der Waals surface area contributed by atoms with Gasteiger partial charge in [0.2, 0.25) is 0 Å². The van der Waals surface area contributed by atoms with Crippen molar-refractivity contribution < 1.29 is 5.11 Å². The molecule has 0 aliphatic heterocycles. The Kier molecular flexibility index (Phi) is 6.28. The highest BCUT2D eigenvalue weighted by Crippen LogP contribution is 2.37. The number of nitrogens with zero attached hydrogens (tertiary/aromatic N) is 2. The summed E-state index contributed by atoms with van der Waals surface area (Å²) in [5, 5.41) is 13.2. The molecule has 1 N–H and O–H groups in total. The third-order valence-corrected chi connectivity index (χ3v) is 6.46. The van der Waals surface area contributed by atoms with Crippen LogP contribution in [0.25, 0.3) is 27.6 Å². The number of unbranched alkanes of at least 4 members (excludes halogenated alkanes) is 2. The van der Waals surface area contributed by atoms with Gasteiger partial charge in [-0.3, -0.25) is 4.57 Å². The van der Waals surface area contributed by atoms with E-state index in [1.807, 2.05) is 12.3 Å². The van der Waals surface area contributed by atoms with Gasteiger partial charge in [0.1, 0.15) is 11.6 Å². The molecular weight excluding hydrogens is 392 g/mol. The van der Waals surface area contributed by atoms with Gasteiger partial charge >= 0.3 is 0 Å². The van der Waals surface area contributed by atoms with Crippen molar-refractivity contribution >= 4 is 21.8 Å². The predicted octanol–water partition coefficient (Wildman–Crippen LogP) is 7.87. The third-order valence-electron chi connectivity index (χ3n) is 6.46. The topological polar surface area (TPSA) is 38.0 Å². The molecule has 3 heteroatoms. The first-order valence-electron chi connectivity index (χ1n) is 12.1. The molecule has 3 nitrogen and oxygen atoms in total. The zero-order chi connectivity index (χ0) is 22.9. The van der Waals surface area contributed by atoms with E-state index in [0.29, 0.717) is 5.75 Å². The summed E-state index contributed by atoms with van der Waals surface area (Å²) in [6.45, 7) is 11.1. The molecule has 2 heterocycles. The van der Waals surface area contributed by atoms with E-state index in [1.54, 1.807) is 0 Å². The number of aromatic nitrogens is 2. The van der Waals surface area contributed by atoms with Gasteiger partial charge in [0.25, 0.3) is 0 Å². The highest BCUT2D eigenvalue weighted by Gasteiger charge is 2.19. The molecule has 0 saturated heterocycles. The fraction of sp³-hybridized carbons (Fsp3) is 0.414. The zero-order valence-electron chi connectivity index (χ0n) is 20.2. The number of phenols is 1. The van der Waals surface area contributed by atoms with Crippen LogP contribution in [0.4, 0.5) is 0 Å². The normalized spacial score (nSPS) is 12.2. The van der Waals surface area contributed by atoms with E-state index in [2.05, 4.69) is 75.6 Å². The lowest BCUT2D eigenvalue weighted by Gasteiger charge is -2.20. The molecule has 0 aliphatic carbocycles. The second-order valence-corrected chi connectivity index (χ2v) is 10.0. The smallest absolute Gasteiger partial charge is 0.137 e. The van der Waals surface area contributed by atoms with Crippen molar-refractivity contribution in [3.05, 3.63) is 65.4 Å². The van der Waals surface area contributed by atoms with E-state index in [-0.39, 0.29) is 5.41 Å². The molecule has 168 valence electrons. The van der Waals surface area contributed by atoms with E-state index in [0.717, 1.165) is 41.7 Å². The Hall–Kier alpha value is -2.81. The third kappa shape index (κ3) is 4.26. The van der Waals surface area contributed by atoms with Gasteiger partial charge in [-0.2, -0.15) is 0 Å². The minimum absolute atomic E-state index is 0.0410. The van der Waals surface area contributed by atoms with Crippen molar-refractivity contribution in [2.75, 3.05) is 0 Å². The Bertz CT molecular complexity index is 1240. The van der Waals surface area contributed by atoms with Crippen molar-refractivity contribution in [1.29, 1.82) is 0 Å². The van der Waals surface area contributed by atoms with E-state index in [1.165, 1.54) is 41.2 Å². The highest BCUT2D eigenvalue weighted by molar-refractivity contribution is 6.10. The van der Waals surface area contributed by atoms with Gasteiger partial charge in [0, 0.05) is 23.0 Å². The molecule has 0 bridgehead atoms. The monoisotopic (exact) mass is 428 g/mol. The van der Waals surface area contributed by atoms with E-state index >= 15 is 0 Å². The molecule has 4 aromatic rings. The van der Waals surface area contributed by atoms with Gasteiger partial charge in [0.15, 0.2) is 0 Å². The maximum absolute atomic E-state index is 10.8. The van der Waals surface area contributed by atoms with Crippen LogP contribution >= 0.6 is 0 Å². The predicted molar refractivity (Wildman–Crippen MR) is 136 cm³/mol. The van der Waals surface area contributed by atoms with Crippen molar-refractivity contribution in [1.82, 2.24) is 9.55 Å². The maximum Gasteiger partial charge on any atom is 0.137 e. The number of rotatable bonds is 7. The molecule has 0 amide bonds. The summed E-state index contributed by atoms with van der Waals surface area (Å²) in [5.41, 5.74) is 5.85. The fourth-order valence-electron chi connectivity index (χ4n) is 4.60. The molecule has 2 aromatic heterocycles. The van der Waals surface area contributed by atoms with Gasteiger partial charge in [-0.05, 0) is 71.7 Å². The summed E-state index contributed by atoms with van der Waals surface area (Å²) in [4.78, 5) is 4.75. The van der Waals surface area contributed by atoms with Crippen LogP contribution in [0.2, 0.25) is 0 Å². The number of fused-ring (bicyclic) bond motifs is 3. The molecular formula is C29H36N2O. The second-order valence-electron chi connectivity index (χ2n) is 10.0. The highest BCUT2D eigenvalue weighted by atomic mass is 16.3. The molecule has 0 unspecified atom stereocenters. The molecule has 32 heavy (non-hydrogen) atoms. The van der Waals surface area contributed by atoms with Crippen LogP contribution < -0.4 is 0 Å². The average molecular weight is 429 g/mol. The summed E-state index contributed by atoms with van der Waals surface area (Å²) in [6.07, 6.45) is 8.61. The number of pyridine rings is 1. The SMILES string of the molecule is CCCCCc1ccc2c(c1)c1cc(CCC)c(O)cc1n2-c1cc(C(C)(C)C)ccn1. The first-order valence-corrected chi connectivity index (χ1v) is 12.1. The molecule has 0 radical (unpaired) electrons. The van der Waals surface area contributed by atoms with E-state index in [9.17, 15) is 5.11 Å². The Morgan fingerprint density at radius 3 is 2.34 bits per heavy atom. The lowest BCUT2D eigenvalue weighted by molar-refractivity contribution is 0.468. The van der Waals surface area contributed by atoms with Crippen LogP contribution in [0.1, 0.15) is 77.0 Å². The summed E-state index contributed by atoms with van der Waals surface area (Å²) >= 11 is 0.